The fraction of sp³-hybridized carbons (Fsp3) is 0.467. The van der Waals surface area contributed by atoms with E-state index in [9.17, 15) is 14.4 Å². The van der Waals surface area contributed by atoms with E-state index in [0.29, 0.717) is 77.5 Å². The zero-order chi connectivity index (χ0) is 46.8. The Bertz CT molecular complexity index is 2690. The van der Waals surface area contributed by atoms with Gasteiger partial charge < -0.3 is 36.1 Å². The summed E-state index contributed by atoms with van der Waals surface area (Å²) in [4.78, 5) is 62.9. The minimum Gasteiger partial charge on any atom is -0.444 e. The van der Waals surface area contributed by atoms with Gasteiger partial charge in [-0.3, -0.25) is 4.79 Å². The predicted octanol–water partition coefficient (Wildman–Crippen LogP) is 8.00. The van der Waals surface area contributed by atoms with Gasteiger partial charge in [0.05, 0.1) is 22.9 Å². The first-order chi connectivity index (χ1) is 30.8. The second-order valence-electron chi connectivity index (χ2n) is 18.5. The molecule has 0 radical (unpaired) electrons. The average Bonchev–Trinajstić information content (AvgIpc) is 3.82. The summed E-state index contributed by atoms with van der Waals surface area (Å²) in [5.41, 5.74) is 15.5. The Morgan fingerprint density at radius 1 is 0.738 bits per heavy atom. The van der Waals surface area contributed by atoms with Crippen molar-refractivity contribution in [3.8, 4) is 11.3 Å². The maximum atomic E-state index is 12.9. The van der Waals surface area contributed by atoms with Crippen molar-refractivity contribution >= 4 is 80.2 Å². The van der Waals surface area contributed by atoms with Gasteiger partial charge in [0.25, 0.3) is 5.91 Å². The molecule has 8 rings (SSSR count). The molecular formula is C45H57IN14O5. The van der Waals surface area contributed by atoms with Gasteiger partial charge in [-0.05, 0) is 126 Å². The van der Waals surface area contributed by atoms with Crippen LogP contribution in [-0.2, 0) is 9.47 Å². The number of anilines is 3. The van der Waals surface area contributed by atoms with E-state index in [0.717, 1.165) is 45.9 Å². The van der Waals surface area contributed by atoms with Crippen molar-refractivity contribution < 1.29 is 23.9 Å². The molecule has 344 valence electrons. The number of amides is 3. The van der Waals surface area contributed by atoms with Crippen LogP contribution in [0.3, 0.4) is 0 Å². The number of likely N-dealkylation sites (tertiary alicyclic amines) is 2. The molecule has 2 atom stereocenters. The first kappa shape index (κ1) is 46.8. The lowest BCUT2D eigenvalue weighted by atomic mass is 10.0. The molecule has 2 aliphatic rings. The third-order valence-electron chi connectivity index (χ3n) is 10.9. The molecule has 5 N–H and O–H groups in total. The Balaban J connectivity index is 0.000000223. The highest BCUT2D eigenvalue weighted by molar-refractivity contribution is 14.1. The van der Waals surface area contributed by atoms with Gasteiger partial charge in [0.1, 0.15) is 50.7 Å². The summed E-state index contributed by atoms with van der Waals surface area (Å²) in [7, 11) is 0. The smallest absolute Gasteiger partial charge is 0.410 e. The minimum absolute atomic E-state index is 0.0478. The first-order valence-corrected chi connectivity index (χ1v) is 22.8. The second-order valence-corrected chi connectivity index (χ2v) is 19.6. The molecule has 20 heteroatoms. The Morgan fingerprint density at radius 3 is 1.80 bits per heavy atom. The molecule has 3 amide bonds. The standard InChI is InChI=1S/C30H36N8O3.C15H21IN6O2/c1-18(2)21-12-13-32-23(15-21)35-28(39)20-10-8-19(9-11-20)25-24-26(31)33-17-34-27(24)38(36-25)22-7-6-14-37(16-22)29(40)41-30(3,4)5;1-15(2,3)24-14(23)21-6-4-5-9(7-21)22-13-10(11(16)20-22)12(17)18-8-19-13/h8-13,15,17-18,22H,6-7,14,16H2,1-5H3,(H2,31,33,34)(H,32,35,39);8-9H,4-7H2,1-3H3,(H2,17,18,19)/t22-;9-/m11/s1. The molecule has 0 bridgehead atoms. The number of rotatable bonds is 6. The number of fused-ring (bicyclic) bond motifs is 2. The number of nitrogen functional groups attached to an aromatic ring is 2. The second kappa shape index (κ2) is 19.1. The number of pyridine rings is 1. The van der Waals surface area contributed by atoms with E-state index in [4.69, 9.17) is 26.0 Å². The Morgan fingerprint density at radius 2 is 1.26 bits per heavy atom. The highest BCUT2D eigenvalue weighted by Gasteiger charge is 2.33. The van der Waals surface area contributed by atoms with Gasteiger partial charge >= 0.3 is 12.2 Å². The summed E-state index contributed by atoms with van der Waals surface area (Å²) in [5, 5.41) is 13.8. The number of carbonyl (C=O) groups is 3. The van der Waals surface area contributed by atoms with E-state index in [-0.39, 0.29) is 30.2 Å². The number of nitrogens with two attached hydrogens (primary N) is 2. The predicted molar refractivity (Wildman–Crippen MR) is 256 cm³/mol. The quantitative estimate of drug-likeness (QED) is 0.134. The van der Waals surface area contributed by atoms with Crippen LogP contribution in [0.15, 0.2) is 55.2 Å². The first-order valence-electron chi connectivity index (χ1n) is 21.7. The number of piperidine rings is 2. The summed E-state index contributed by atoms with van der Waals surface area (Å²) in [6.07, 6.45) is 7.38. The Labute approximate surface area is 391 Å². The molecule has 6 aromatic rings. The van der Waals surface area contributed by atoms with Crippen molar-refractivity contribution in [1.29, 1.82) is 0 Å². The normalized spacial score (nSPS) is 16.9. The van der Waals surface area contributed by atoms with E-state index in [1.807, 2.05) is 75.2 Å². The van der Waals surface area contributed by atoms with Crippen molar-refractivity contribution in [3.63, 3.8) is 0 Å². The fourth-order valence-corrected chi connectivity index (χ4v) is 8.55. The van der Waals surface area contributed by atoms with Gasteiger partial charge in [-0.1, -0.05) is 26.0 Å². The van der Waals surface area contributed by atoms with Crippen molar-refractivity contribution in [2.45, 2.75) is 110 Å². The minimum atomic E-state index is -0.574. The third-order valence-corrected chi connectivity index (χ3v) is 11.6. The van der Waals surface area contributed by atoms with Crippen molar-refractivity contribution in [2.24, 2.45) is 0 Å². The lowest BCUT2D eigenvalue weighted by Gasteiger charge is -2.34. The number of nitrogens with one attached hydrogen (secondary N) is 1. The molecule has 2 aliphatic heterocycles. The van der Waals surface area contributed by atoms with Crippen LogP contribution in [0.25, 0.3) is 33.3 Å². The third kappa shape index (κ3) is 11.0. The molecule has 5 aromatic heterocycles. The van der Waals surface area contributed by atoms with Gasteiger partial charge in [-0.25, -0.2) is 43.9 Å². The molecule has 0 spiro atoms. The lowest BCUT2D eigenvalue weighted by Crippen LogP contribution is -2.43. The lowest BCUT2D eigenvalue weighted by molar-refractivity contribution is 0.0159. The number of halogens is 1. The number of hydrogen-bond acceptors (Lipinski definition) is 14. The summed E-state index contributed by atoms with van der Waals surface area (Å²) in [6.45, 7) is 17.7. The van der Waals surface area contributed by atoms with Crippen LogP contribution in [0.1, 0.15) is 115 Å². The SMILES string of the molecule is CC(C)(C)OC(=O)N1CCC[C@@H](n2nc(I)c3c(N)ncnc32)C1.CC(C)c1ccnc(NC(=O)c2ccc(-c3nn([C@@H]4CCCN(C(=O)OC(C)(C)C)C4)c4ncnc(N)c34)cc2)c1. The molecule has 19 nitrogen and oxygen atoms in total. The molecule has 65 heavy (non-hydrogen) atoms. The highest BCUT2D eigenvalue weighted by atomic mass is 127. The van der Waals surface area contributed by atoms with Gasteiger partial charge in [0, 0.05) is 43.5 Å². The van der Waals surface area contributed by atoms with Crippen LogP contribution in [0, 0.1) is 3.70 Å². The molecule has 0 unspecified atom stereocenters. The summed E-state index contributed by atoms with van der Waals surface area (Å²) >= 11 is 2.14. The van der Waals surface area contributed by atoms with E-state index in [1.54, 1.807) is 28.1 Å². The maximum Gasteiger partial charge on any atom is 0.410 e. The average molecular weight is 1000 g/mol. The molecule has 0 aliphatic carbocycles. The molecular weight excluding hydrogens is 943 g/mol. The number of hydrogen-bond donors (Lipinski definition) is 3. The Hall–Kier alpha value is -6.19. The Kier molecular flexibility index (Phi) is 13.8. The van der Waals surface area contributed by atoms with Gasteiger partial charge in [-0.2, -0.15) is 10.2 Å². The molecule has 1 aromatic carbocycles. The van der Waals surface area contributed by atoms with Crippen LogP contribution < -0.4 is 16.8 Å². The molecule has 2 fully saturated rings. The largest absolute Gasteiger partial charge is 0.444 e. The molecule has 7 heterocycles. The molecule has 2 saturated heterocycles. The van der Waals surface area contributed by atoms with Crippen LogP contribution >= 0.6 is 22.6 Å². The van der Waals surface area contributed by atoms with Crippen molar-refractivity contribution in [3.05, 3.63) is 70.1 Å². The van der Waals surface area contributed by atoms with E-state index in [1.165, 1.54) is 12.7 Å². The number of nitrogens with zero attached hydrogens (tertiary/aromatic N) is 11. The number of benzene rings is 1. The van der Waals surface area contributed by atoms with Crippen molar-refractivity contribution in [1.82, 2.24) is 54.3 Å². The van der Waals surface area contributed by atoms with E-state index in [2.05, 4.69) is 71.8 Å². The van der Waals surface area contributed by atoms with Gasteiger partial charge in [-0.15, -0.1) is 0 Å². The monoisotopic (exact) mass is 1000 g/mol. The van der Waals surface area contributed by atoms with E-state index < -0.39 is 11.2 Å². The van der Waals surface area contributed by atoms with Crippen LogP contribution in [0.4, 0.5) is 27.0 Å². The zero-order valence-corrected chi connectivity index (χ0v) is 40.2. The zero-order valence-electron chi connectivity index (χ0n) is 38.1. The highest BCUT2D eigenvalue weighted by Crippen LogP contribution is 2.35. The summed E-state index contributed by atoms with van der Waals surface area (Å²) in [5.74, 6) is 1.32. The van der Waals surface area contributed by atoms with Crippen LogP contribution in [0.5, 0.6) is 0 Å². The summed E-state index contributed by atoms with van der Waals surface area (Å²) < 4.78 is 15.6. The summed E-state index contributed by atoms with van der Waals surface area (Å²) in [6, 6.07) is 10.9. The van der Waals surface area contributed by atoms with Gasteiger partial charge in [0.15, 0.2) is 11.3 Å². The van der Waals surface area contributed by atoms with Crippen LogP contribution in [0.2, 0.25) is 0 Å². The van der Waals surface area contributed by atoms with E-state index >= 15 is 0 Å². The number of ether oxygens (including phenoxy) is 2. The molecule has 0 saturated carbocycles. The topological polar surface area (TPSA) is 240 Å². The fourth-order valence-electron chi connectivity index (χ4n) is 7.80. The maximum absolute atomic E-state index is 12.9. The number of aromatic nitrogens is 9. The van der Waals surface area contributed by atoms with Crippen molar-refractivity contribution in [2.75, 3.05) is 43.0 Å². The van der Waals surface area contributed by atoms with Crippen LogP contribution in [-0.4, -0.2) is 110 Å². The number of carbonyl (C=O) groups excluding carboxylic acids is 3. The van der Waals surface area contributed by atoms with Gasteiger partial charge in [0.2, 0.25) is 0 Å².